The molecule has 1 heterocycles. The molecule has 0 fully saturated rings. The molecule has 0 radical (unpaired) electrons. The van der Waals surface area contributed by atoms with Crippen molar-refractivity contribution in [2.45, 2.75) is 6.36 Å². The molecule has 0 saturated heterocycles. The van der Waals surface area contributed by atoms with E-state index < -0.39 is 30.1 Å². The Morgan fingerprint density at radius 1 is 1.13 bits per heavy atom. The predicted octanol–water partition coefficient (Wildman–Crippen LogP) is 4.49. The van der Waals surface area contributed by atoms with E-state index in [0.717, 1.165) is 18.2 Å². The lowest BCUT2D eigenvalue weighted by atomic mass is 10.1. The molecular formula is C20H14ClF3O7. The van der Waals surface area contributed by atoms with Crippen LogP contribution in [0.3, 0.4) is 0 Å². The molecule has 0 aliphatic rings. The van der Waals surface area contributed by atoms with Crippen molar-refractivity contribution in [3.8, 4) is 22.8 Å². The lowest BCUT2D eigenvalue weighted by molar-refractivity contribution is -0.274. The van der Waals surface area contributed by atoms with E-state index >= 15 is 0 Å². The Kier molecular flexibility index (Phi) is 6.71. The van der Waals surface area contributed by atoms with Crippen LogP contribution in [0.4, 0.5) is 13.2 Å². The van der Waals surface area contributed by atoms with E-state index in [1.807, 2.05) is 0 Å². The van der Waals surface area contributed by atoms with E-state index in [1.54, 1.807) is 6.07 Å². The number of fused-ring (bicyclic) bond motifs is 1. The highest BCUT2D eigenvalue weighted by molar-refractivity contribution is 6.34. The van der Waals surface area contributed by atoms with Crippen molar-refractivity contribution < 1.29 is 41.7 Å². The number of aliphatic carboxylic acids is 1. The number of hydrogen-bond acceptors (Lipinski definition) is 6. The van der Waals surface area contributed by atoms with Gasteiger partial charge in [-0.3, -0.25) is 4.79 Å². The first-order chi connectivity index (χ1) is 14.6. The van der Waals surface area contributed by atoms with Gasteiger partial charge >= 0.3 is 12.3 Å². The van der Waals surface area contributed by atoms with Gasteiger partial charge in [0.15, 0.2) is 11.0 Å². The molecule has 164 valence electrons. The summed E-state index contributed by atoms with van der Waals surface area (Å²) < 4.78 is 57.7. The number of halogens is 4. The maximum atomic E-state index is 12.6. The normalized spacial score (nSPS) is 11.5. The second-order valence-corrected chi connectivity index (χ2v) is 6.50. The molecule has 11 heteroatoms. The van der Waals surface area contributed by atoms with E-state index in [1.165, 1.54) is 18.2 Å². The number of ether oxygens (including phenoxy) is 3. The zero-order valence-electron chi connectivity index (χ0n) is 15.6. The predicted molar refractivity (Wildman–Crippen MR) is 104 cm³/mol. The van der Waals surface area contributed by atoms with Crippen LogP contribution in [-0.4, -0.2) is 37.3 Å². The molecule has 3 aromatic rings. The highest BCUT2D eigenvalue weighted by atomic mass is 35.5. The third kappa shape index (κ3) is 5.89. The summed E-state index contributed by atoms with van der Waals surface area (Å²) in [7, 11) is 0. The fourth-order valence-corrected chi connectivity index (χ4v) is 2.88. The second-order valence-electron chi connectivity index (χ2n) is 6.09. The summed E-state index contributed by atoms with van der Waals surface area (Å²) in [5, 5.41) is 8.97. The first kappa shape index (κ1) is 22.4. The van der Waals surface area contributed by atoms with Crippen molar-refractivity contribution in [3.63, 3.8) is 0 Å². The van der Waals surface area contributed by atoms with Gasteiger partial charge in [-0.05, 0) is 24.3 Å². The van der Waals surface area contributed by atoms with Gasteiger partial charge in [0, 0.05) is 12.1 Å². The molecule has 0 aliphatic heterocycles. The van der Waals surface area contributed by atoms with Gasteiger partial charge in [-0.15, -0.1) is 13.2 Å². The summed E-state index contributed by atoms with van der Waals surface area (Å²) >= 11 is 6.10. The van der Waals surface area contributed by atoms with Crippen molar-refractivity contribution in [2.75, 3.05) is 19.8 Å². The Morgan fingerprint density at radius 2 is 1.90 bits per heavy atom. The lowest BCUT2D eigenvalue weighted by Crippen LogP contribution is -2.17. The smallest absolute Gasteiger partial charge is 0.490 e. The van der Waals surface area contributed by atoms with E-state index in [2.05, 4.69) is 4.74 Å². The summed E-state index contributed by atoms with van der Waals surface area (Å²) in [6.07, 6.45) is -4.92. The molecule has 0 atom stereocenters. The van der Waals surface area contributed by atoms with E-state index in [9.17, 15) is 22.8 Å². The van der Waals surface area contributed by atoms with Crippen molar-refractivity contribution in [1.82, 2.24) is 0 Å². The number of rotatable bonds is 8. The summed E-state index contributed by atoms with van der Waals surface area (Å²) in [6, 6.07) is 9.02. The van der Waals surface area contributed by atoms with Gasteiger partial charge in [0.2, 0.25) is 0 Å². The maximum absolute atomic E-state index is 12.6. The number of alkyl halides is 3. The standard InChI is InChI=1S/C20H14ClF3O7/c21-14-3-1-2-12-15(25)9-17(30-19(12)14)13-5-4-11(31-20(22,23)24)8-16(13)29-7-6-28-10-18(26)27/h1-5,8-9H,6-7,10H2,(H,26,27). The summed E-state index contributed by atoms with van der Waals surface area (Å²) in [6.45, 7) is -0.899. The van der Waals surface area contributed by atoms with Gasteiger partial charge in [0.1, 0.15) is 30.5 Å². The second kappa shape index (κ2) is 9.27. The van der Waals surface area contributed by atoms with Crippen LogP contribution >= 0.6 is 11.6 Å². The molecule has 3 rings (SSSR count). The average molecular weight is 459 g/mol. The highest BCUT2D eigenvalue weighted by Gasteiger charge is 2.31. The van der Waals surface area contributed by atoms with Crippen LogP contribution in [0, 0.1) is 0 Å². The first-order valence-electron chi connectivity index (χ1n) is 8.69. The van der Waals surface area contributed by atoms with Crippen LogP contribution < -0.4 is 14.9 Å². The van der Waals surface area contributed by atoms with Crippen molar-refractivity contribution in [3.05, 3.63) is 57.7 Å². The minimum Gasteiger partial charge on any atom is -0.490 e. The largest absolute Gasteiger partial charge is 0.573 e. The Bertz CT molecular complexity index is 1160. The summed E-state index contributed by atoms with van der Waals surface area (Å²) in [4.78, 5) is 22.9. The molecule has 0 amide bonds. The van der Waals surface area contributed by atoms with Crippen LogP contribution in [0.1, 0.15) is 0 Å². The summed E-state index contributed by atoms with van der Waals surface area (Å²) in [5.74, 6) is -1.84. The SMILES string of the molecule is O=C(O)COCCOc1cc(OC(F)(F)F)ccc1-c1cc(=O)c2cccc(Cl)c2o1. The topological polar surface area (TPSA) is 95.2 Å². The van der Waals surface area contributed by atoms with Crippen LogP contribution in [0.5, 0.6) is 11.5 Å². The Hall–Kier alpha value is -3.24. The molecule has 0 saturated carbocycles. The molecule has 1 aromatic heterocycles. The fourth-order valence-electron chi connectivity index (χ4n) is 2.67. The van der Waals surface area contributed by atoms with Crippen LogP contribution in [0.2, 0.25) is 5.02 Å². The van der Waals surface area contributed by atoms with Gasteiger partial charge in [-0.25, -0.2) is 4.79 Å². The number of carboxylic acids is 1. The molecular weight excluding hydrogens is 445 g/mol. The minimum atomic E-state index is -4.92. The number of para-hydroxylation sites is 1. The maximum Gasteiger partial charge on any atom is 0.573 e. The van der Waals surface area contributed by atoms with Gasteiger partial charge in [0.05, 0.1) is 22.6 Å². The molecule has 0 aliphatic carbocycles. The zero-order chi connectivity index (χ0) is 22.6. The minimum absolute atomic E-state index is 0.00520. The molecule has 7 nitrogen and oxygen atoms in total. The third-order valence-corrected chi connectivity index (χ3v) is 4.17. The van der Waals surface area contributed by atoms with Crippen LogP contribution in [0.15, 0.2) is 51.7 Å². The van der Waals surface area contributed by atoms with Crippen molar-refractivity contribution in [1.29, 1.82) is 0 Å². The van der Waals surface area contributed by atoms with E-state index in [4.69, 9.17) is 30.6 Å². The molecule has 2 aromatic carbocycles. The lowest BCUT2D eigenvalue weighted by Gasteiger charge is -2.15. The van der Waals surface area contributed by atoms with Gasteiger partial charge in [-0.1, -0.05) is 17.7 Å². The van der Waals surface area contributed by atoms with Gasteiger partial charge in [0.25, 0.3) is 0 Å². The Morgan fingerprint density at radius 3 is 2.61 bits per heavy atom. The monoisotopic (exact) mass is 458 g/mol. The van der Waals surface area contributed by atoms with Crippen molar-refractivity contribution in [2.24, 2.45) is 0 Å². The number of carboxylic acid groups (broad SMARTS) is 1. The van der Waals surface area contributed by atoms with E-state index in [0.29, 0.717) is 0 Å². The van der Waals surface area contributed by atoms with Gasteiger partial charge < -0.3 is 23.7 Å². The quantitative estimate of drug-likeness (QED) is 0.497. The molecule has 1 N–H and O–H groups in total. The third-order valence-electron chi connectivity index (χ3n) is 3.87. The number of benzene rings is 2. The number of carbonyl (C=O) groups is 1. The zero-order valence-corrected chi connectivity index (χ0v) is 16.3. The molecule has 0 bridgehead atoms. The van der Waals surface area contributed by atoms with E-state index in [-0.39, 0.29) is 46.3 Å². The molecule has 31 heavy (non-hydrogen) atoms. The van der Waals surface area contributed by atoms with Crippen molar-refractivity contribution >= 4 is 28.5 Å². The molecule has 0 spiro atoms. The average Bonchev–Trinajstić information content (AvgIpc) is 2.67. The van der Waals surface area contributed by atoms with Crippen LogP contribution in [0.25, 0.3) is 22.3 Å². The highest BCUT2D eigenvalue weighted by Crippen LogP contribution is 2.36. The fraction of sp³-hybridized carbons (Fsp3) is 0.200. The molecule has 0 unspecified atom stereocenters. The van der Waals surface area contributed by atoms with Gasteiger partial charge in [-0.2, -0.15) is 0 Å². The number of hydrogen-bond donors (Lipinski definition) is 1. The summed E-state index contributed by atoms with van der Waals surface area (Å²) in [5.41, 5.74) is -0.144. The van der Waals surface area contributed by atoms with Crippen LogP contribution in [-0.2, 0) is 9.53 Å². The Labute approximate surface area is 177 Å². The Balaban J connectivity index is 1.98. The first-order valence-corrected chi connectivity index (χ1v) is 9.07.